The Morgan fingerprint density at radius 2 is 1.80 bits per heavy atom. The SMILES string of the molecule is C[C@H](OC(=O)c1cc(-c2ccc(F)cc2)nc2ccccc12)C(=O)NC1CCCC1. The third kappa shape index (κ3) is 4.32. The molecule has 154 valence electrons. The van der Waals surface area contributed by atoms with Crippen LogP contribution in [0.3, 0.4) is 0 Å². The summed E-state index contributed by atoms with van der Waals surface area (Å²) in [5.74, 6) is -1.22. The van der Waals surface area contributed by atoms with E-state index in [0.29, 0.717) is 27.7 Å². The van der Waals surface area contributed by atoms with Crippen LogP contribution >= 0.6 is 0 Å². The predicted molar refractivity (Wildman–Crippen MR) is 112 cm³/mol. The highest BCUT2D eigenvalue weighted by Crippen LogP contribution is 2.26. The van der Waals surface area contributed by atoms with E-state index in [9.17, 15) is 14.0 Å². The van der Waals surface area contributed by atoms with Crippen LogP contribution < -0.4 is 5.32 Å². The Labute approximate surface area is 174 Å². The van der Waals surface area contributed by atoms with Gasteiger partial charge in [-0.05, 0) is 56.2 Å². The van der Waals surface area contributed by atoms with Crippen LogP contribution in [0.5, 0.6) is 0 Å². The first kappa shape index (κ1) is 20.0. The fourth-order valence-electron chi connectivity index (χ4n) is 3.78. The van der Waals surface area contributed by atoms with Gasteiger partial charge in [0.25, 0.3) is 5.91 Å². The minimum Gasteiger partial charge on any atom is -0.449 e. The minimum absolute atomic E-state index is 0.158. The number of benzene rings is 2. The number of para-hydroxylation sites is 1. The van der Waals surface area contributed by atoms with Crippen LogP contribution in [0, 0.1) is 5.82 Å². The zero-order chi connectivity index (χ0) is 21.1. The summed E-state index contributed by atoms with van der Waals surface area (Å²) in [5.41, 5.74) is 2.15. The van der Waals surface area contributed by atoms with E-state index < -0.39 is 12.1 Å². The summed E-state index contributed by atoms with van der Waals surface area (Å²) in [5, 5.41) is 3.59. The number of rotatable bonds is 5. The summed E-state index contributed by atoms with van der Waals surface area (Å²) in [6, 6.07) is 14.9. The Morgan fingerprint density at radius 3 is 2.53 bits per heavy atom. The summed E-state index contributed by atoms with van der Waals surface area (Å²) >= 11 is 0. The zero-order valence-electron chi connectivity index (χ0n) is 16.7. The maximum atomic E-state index is 13.3. The molecule has 1 heterocycles. The van der Waals surface area contributed by atoms with Gasteiger partial charge in [0.2, 0.25) is 0 Å². The fourth-order valence-corrected chi connectivity index (χ4v) is 3.78. The van der Waals surface area contributed by atoms with Gasteiger partial charge in [-0.1, -0.05) is 31.0 Å². The van der Waals surface area contributed by atoms with Gasteiger partial charge >= 0.3 is 5.97 Å². The van der Waals surface area contributed by atoms with Crippen LogP contribution in [-0.2, 0) is 9.53 Å². The van der Waals surface area contributed by atoms with Gasteiger partial charge < -0.3 is 10.1 Å². The summed E-state index contributed by atoms with van der Waals surface area (Å²) in [7, 11) is 0. The van der Waals surface area contributed by atoms with Crippen molar-refractivity contribution < 1.29 is 18.7 Å². The number of hydrogen-bond acceptors (Lipinski definition) is 4. The number of nitrogens with zero attached hydrogens (tertiary/aromatic N) is 1. The highest BCUT2D eigenvalue weighted by atomic mass is 19.1. The van der Waals surface area contributed by atoms with E-state index in [1.54, 1.807) is 37.3 Å². The highest BCUT2D eigenvalue weighted by molar-refractivity contribution is 6.05. The molecule has 30 heavy (non-hydrogen) atoms. The summed E-state index contributed by atoms with van der Waals surface area (Å²) < 4.78 is 18.8. The van der Waals surface area contributed by atoms with Gasteiger partial charge in [-0.2, -0.15) is 0 Å². The monoisotopic (exact) mass is 406 g/mol. The standard InChI is InChI=1S/C24H23FN2O3/c1-15(23(28)26-18-6-2-3-7-18)30-24(29)20-14-22(16-10-12-17(25)13-11-16)27-21-9-5-4-8-19(20)21/h4-5,8-15,18H,2-3,6-7H2,1H3,(H,26,28)/t15-/m0/s1. The second kappa shape index (κ2) is 8.61. The van der Waals surface area contributed by atoms with Gasteiger partial charge in [0.05, 0.1) is 16.8 Å². The molecule has 0 unspecified atom stereocenters. The molecule has 4 rings (SSSR count). The third-order valence-electron chi connectivity index (χ3n) is 5.43. The van der Waals surface area contributed by atoms with E-state index in [2.05, 4.69) is 10.3 Å². The lowest BCUT2D eigenvalue weighted by Gasteiger charge is -2.18. The van der Waals surface area contributed by atoms with Crippen molar-refractivity contribution in [1.29, 1.82) is 0 Å². The molecule has 6 heteroatoms. The number of halogens is 1. The minimum atomic E-state index is -0.903. The van der Waals surface area contributed by atoms with Crippen molar-refractivity contribution in [3.63, 3.8) is 0 Å². The number of amides is 1. The molecule has 0 spiro atoms. The van der Waals surface area contributed by atoms with E-state index in [1.807, 2.05) is 12.1 Å². The molecule has 3 aromatic rings. The van der Waals surface area contributed by atoms with E-state index in [0.717, 1.165) is 25.7 Å². The van der Waals surface area contributed by atoms with E-state index in [1.165, 1.54) is 12.1 Å². The molecular weight excluding hydrogens is 383 g/mol. The van der Waals surface area contributed by atoms with Crippen molar-refractivity contribution >= 4 is 22.8 Å². The molecule has 1 N–H and O–H groups in total. The van der Waals surface area contributed by atoms with E-state index in [4.69, 9.17) is 4.74 Å². The number of carbonyl (C=O) groups excluding carboxylic acids is 2. The van der Waals surface area contributed by atoms with Gasteiger partial charge in [-0.3, -0.25) is 4.79 Å². The van der Waals surface area contributed by atoms with Crippen molar-refractivity contribution in [2.24, 2.45) is 0 Å². The largest absolute Gasteiger partial charge is 0.449 e. The van der Waals surface area contributed by atoms with Gasteiger partial charge in [0.1, 0.15) is 5.82 Å². The Kier molecular flexibility index (Phi) is 5.74. The summed E-state index contributed by atoms with van der Waals surface area (Å²) in [4.78, 5) is 30.0. The summed E-state index contributed by atoms with van der Waals surface area (Å²) in [6.07, 6.45) is 3.23. The lowest BCUT2D eigenvalue weighted by Crippen LogP contribution is -2.40. The number of carbonyl (C=O) groups is 2. The van der Waals surface area contributed by atoms with Gasteiger partial charge in [-0.15, -0.1) is 0 Å². The van der Waals surface area contributed by atoms with Gasteiger partial charge in [-0.25, -0.2) is 14.2 Å². The van der Waals surface area contributed by atoms with Crippen molar-refractivity contribution in [3.8, 4) is 11.3 Å². The smallest absolute Gasteiger partial charge is 0.339 e. The fraction of sp³-hybridized carbons (Fsp3) is 0.292. The number of fused-ring (bicyclic) bond motifs is 1. The molecule has 1 atom stereocenters. The molecule has 0 saturated heterocycles. The normalized spacial score (nSPS) is 15.1. The van der Waals surface area contributed by atoms with Crippen LogP contribution in [-0.4, -0.2) is 29.0 Å². The van der Waals surface area contributed by atoms with Gasteiger partial charge in [0, 0.05) is 17.0 Å². The van der Waals surface area contributed by atoms with Gasteiger partial charge in [0.15, 0.2) is 6.10 Å². The number of aromatic nitrogens is 1. The molecule has 1 saturated carbocycles. The Hall–Kier alpha value is -3.28. The Balaban J connectivity index is 1.60. The molecule has 2 aromatic carbocycles. The van der Waals surface area contributed by atoms with Crippen molar-refractivity contribution in [1.82, 2.24) is 10.3 Å². The van der Waals surface area contributed by atoms with Crippen molar-refractivity contribution in [3.05, 3.63) is 66.0 Å². The van der Waals surface area contributed by atoms with Crippen LogP contribution in [0.15, 0.2) is 54.6 Å². The molecule has 1 fully saturated rings. The van der Waals surface area contributed by atoms with E-state index in [-0.39, 0.29) is 17.8 Å². The molecule has 1 amide bonds. The maximum Gasteiger partial charge on any atom is 0.339 e. The Morgan fingerprint density at radius 1 is 1.10 bits per heavy atom. The van der Waals surface area contributed by atoms with Crippen LogP contribution in [0.2, 0.25) is 0 Å². The van der Waals surface area contributed by atoms with Crippen LogP contribution in [0.1, 0.15) is 43.0 Å². The second-order valence-corrected chi connectivity index (χ2v) is 7.62. The maximum absolute atomic E-state index is 13.3. The lowest BCUT2D eigenvalue weighted by molar-refractivity contribution is -0.129. The first-order valence-electron chi connectivity index (χ1n) is 10.2. The quantitative estimate of drug-likeness (QED) is 0.627. The topological polar surface area (TPSA) is 68.3 Å². The molecule has 0 radical (unpaired) electrons. The highest BCUT2D eigenvalue weighted by Gasteiger charge is 2.24. The predicted octanol–water partition coefficient (Wildman–Crippen LogP) is 4.65. The average Bonchev–Trinajstić information content (AvgIpc) is 3.26. The first-order chi connectivity index (χ1) is 14.5. The van der Waals surface area contributed by atoms with Crippen molar-refractivity contribution in [2.45, 2.75) is 44.8 Å². The zero-order valence-corrected chi connectivity index (χ0v) is 16.7. The lowest BCUT2D eigenvalue weighted by atomic mass is 10.0. The molecular formula is C24H23FN2O3. The molecule has 0 aliphatic heterocycles. The first-order valence-corrected chi connectivity index (χ1v) is 10.2. The van der Waals surface area contributed by atoms with E-state index >= 15 is 0 Å². The van der Waals surface area contributed by atoms with Crippen LogP contribution in [0.25, 0.3) is 22.2 Å². The number of hydrogen-bond donors (Lipinski definition) is 1. The number of pyridine rings is 1. The average molecular weight is 406 g/mol. The molecule has 5 nitrogen and oxygen atoms in total. The van der Waals surface area contributed by atoms with Crippen LogP contribution in [0.4, 0.5) is 4.39 Å². The molecule has 0 bridgehead atoms. The third-order valence-corrected chi connectivity index (χ3v) is 5.43. The number of nitrogens with one attached hydrogen (secondary N) is 1. The number of ether oxygens (including phenoxy) is 1. The van der Waals surface area contributed by atoms with Crippen molar-refractivity contribution in [2.75, 3.05) is 0 Å². The molecule has 1 aromatic heterocycles. The summed E-state index contributed by atoms with van der Waals surface area (Å²) in [6.45, 7) is 1.58. The number of esters is 1. The molecule has 1 aliphatic carbocycles. The Bertz CT molecular complexity index is 1080. The second-order valence-electron chi connectivity index (χ2n) is 7.62. The molecule has 1 aliphatic rings.